The van der Waals surface area contributed by atoms with Crippen molar-refractivity contribution in [2.24, 2.45) is 0 Å². The van der Waals surface area contributed by atoms with Gasteiger partial charge >= 0.3 is 16.6 Å². The molecule has 62 heavy (non-hydrogen) atoms. The number of benzene rings is 8. The maximum Gasteiger partial charge on any atom is 0.346 e. The lowest BCUT2D eigenvalue weighted by atomic mass is 9.83. The lowest BCUT2D eigenvalue weighted by Gasteiger charge is -2.36. The molecule has 0 heterocycles. The molecule has 1 aliphatic rings. The summed E-state index contributed by atoms with van der Waals surface area (Å²) in [4.78, 5) is 30.4. The first-order valence-corrected chi connectivity index (χ1v) is 25.4. The van der Waals surface area contributed by atoms with Crippen molar-refractivity contribution >= 4 is 129 Å². The van der Waals surface area contributed by atoms with Gasteiger partial charge in [-0.15, -0.1) is 0 Å². The van der Waals surface area contributed by atoms with Gasteiger partial charge in [0.05, 0.1) is 11.1 Å². The van der Waals surface area contributed by atoms with Crippen molar-refractivity contribution in [3.05, 3.63) is 234 Å². The van der Waals surface area contributed by atoms with Crippen LogP contribution in [0, 0.1) is 0 Å². The van der Waals surface area contributed by atoms with Gasteiger partial charge in [0.25, 0.3) is 0 Å². The SMILES string of the molecule is O=C1c2cccc(O[Si](c3ccc(Cl)cc3)(c3ccc(Cl)cc3)c3ccc(Cl)cc3)c2C(=O)c2c(O[Si](c3ccc(Cl)cc3)(c3ccc(Cl)cc3)c3ccc(Cl)cc3)cccc21. The highest BCUT2D eigenvalue weighted by Gasteiger charge is 2.48. The molecule has 4 nitrogen and oxygen atoms in total. The van der Waals surface area contributed by atoms with Crippen LogP contribution in [0.4, 0.5) is 0 Å². The zero-order valence-corrected chi connectivity index (χ0v) is 38.8. The monoisotopic (exact) mass is 960 g/mol. The van der Waals surface area contributed by atoms with Crippen LogP contribution in [0.3, 0.4) is 0 Å². The van der Waals surface area contributed by atoms with Crippen LogP contribution in [0.15, 0.2) is 182 Å². The molecule has 12 heteroatoms. The molecule has 0 unspecified atom stereocenters. The third-order valence-electron chi connectivity index (χ3n) is 11.0. The summed E-state index contributed by atoms with van der Waals surface area (Å²) in [5.41, 5.74) is 0.651. The van der Waals surface area contributed by atoms with Gasteiger partial charge in [0.2, 0.25) is 5.78 Å². The molecule has 0 saturated carbocycles. The van der Waals surface area contributed by atoms with Crippen molar-refractivity contribution in [1.29, 1.82) is 0 Å². The molecule has 0 fully saturated rings. The van der Waals surface area contributed by atoms with E-state index in [0.717, 1.165) is 31.1 Å². The first-order valence-electron chi connectivity index (χ1n) is 19.3. The predicted molar refractivity (Wildman–Crippen MR) is 259 cm³/mol. The van der Waals surface area contributed by atoms with E-state index in [1.165, 1.54) is 0 Å². The first-order chi connectivity index (χ1) is 30.0. The number of hydrogen-bond donors (Lipinski definition) is 0. The second-order valence-corrected chi connectivity index (χ2v) is 23.8. The largest absolute Gasteiger partial charge is 0.530 e. The maximum absolute atomic E-state index is 15.6. The number of halogens is 6. The van der Waals surface area contributed by atoms with Gasteiger partial charge in [-0.05, 0) is 116 Å². The van der Waals surface area contributed by atoms with E-state index >= 15 is 4.79 Å². The highest BCUT2D eigenvalue weighted by molar-refractivity contribution is 7.08. The Balaban J connectivity index is 1.26. The van der Waals surface area contributed by atoms with E-state index in [-0.39, 0.29) is 39.5 Å². The number of fused-ring (bicyclic) bond motifs is 2. The van der Waals surface area contributed by atoms with Crippen molar-refractivity contribution in [2.45, 2.75) is 0 Å². The molecule has 304 valence electrons. The predicted octanol–water partition coefficient (Wildman–Crippen LogP) is 10.5. The molecule has 0 aromatic heterocycles. The molecule has 0 amide bonds. The number of carbonyl (C=O) groups excluding carboxylic acids is 2. The minimum Gasteiger partial charge on any atom is -0.530 e. The minimum atomic E-state index is -3.63. The molecule has 9 rings (SSSR count). The summed E-state index contributed by atoms with van der Waals surface area (Å²) in [5.74, 6) is -0.328. The van der Waals surface area contributed by atoms with E-state index in [1.54, 1.807) is 109 Å². The maximum atomic E-state index is 15.6. The van der Waals surface area contributed by atoms with Gasteiger partial charge in [0.15, 0.2) is 5.78 Å². The Morgan fingerprint density at radius 1 is 0.290 bits per heavy atom. The molecule has 0 aliphatic heterocycles. The quantitative estimate of drug-likeness (QED) is 0.101. The minimum absolute atomic E-state index is 0.117. The summed E-state index contributed by atoms with van der Waals surface area (Å²) < 4.78 is 14.9. The Morgan fingerprint density at radius 3 is 0.742 bits per heavy atom. The van der Waals surface area contributed by atoms with Crippen molar-refractivity contribution in [3.63, 3.8) is 0 Å². The highest BCUT2D eigenvalue weighted by atomic mass is 35.5. The van der Waals surface area contributed by atoms with Gasteiger partial charge in [0.1, 0.15) is 11.5 Å². The van der Waals surface area contributed by atoms with Crippen LogP contribution in [-0.4, -0.2) is 28.2 Å². The van der Waals surface area contributed by atoms with Crippen LogP contribution in [0.1, 0.15) is 31.8 Å². The fraction of sp³-hybridized carbons (Fsp3) is 0. The molecule has 0 N–H and O–H groups in total. The molecular weight excluding hydrogens is 933 g/mol. The number of rotatable bonds is 10. The number of hydrogen-bond acceptors (Lipinski definition) is 4. The van der Waals surface area contributed by atoms with E-state index in [0.29, 0.717) is 30.1 Å². The standard InChI is InChI=1S/C50H30Cl6O4Si2/c51-31-7-19-37(20-8-31)61(38-21-9-32(52)10-22-38,39-23-11-33(53)12-24-39)59-45-5-1-3-43-47(45)50(58)48-44(49(43)57)4-2-6-46(48)60-62(40-25-13-34(54)14-26-40,41-27-15-35(55)16-28-41)42-29-17-36(56)18-30-42/h1-30H. The number of carbonyl (C=O) groups is 2. The average molecular weight is 964 g/mol. The third-order valence-corrected chi connectivity index (χ3v) is 20.5. The van der Waals surface area contributed by atoms with Gasteiger partial charge in [-0.25, -0.2) is 0 Å². The molecular formula is C50H30Cl6O4Si2. The summed E-state index contributed by atoms with van der Waals surface area (Å²) in [6.07, 6.45) is 0. The summed E-state index contributed by atoms with van der Waals surface area (Å²) in [7, 11) is -7.26. The smallest absolute Gasteiger partial charge is 0.346 e. The van der Waals surface area contributed by atoms with E-state index in [4.69, 9.17) is 78.5 Å². The van der Waals surface area contributed by atoms with Crippen molar-refractivity contribution in [3.8, 4) is 11.5 Å². The zero-order valence-electron chi connectivity index (χ0n) is 32.2. The Bertz CT molecular complexity index is 2560. The Hall–Kier alpha value is -5.13. The van der Waals surface area contributed by atoms with Crippen LogP contribution in [-0.2, 0) is 0 Å². The van der Waals surface area contributed by atoms with Gasteiger partial charge in [-0.1, -0.05) is 167 Å². The summed E-state index contributed by atoms with van der Waals surface area (Å²) >= 11 is 38.8. The molecule has 0 atom stereocenters. The van der Waals surface area contributed by atoms with E-state index in [2.05, 4.69) is 0 Å². The van der Waals surface area contributed by atoms with Gasteiger partial charge in [-0.2, -0.15) is 0 Å². The zero-order chi connectivity index (χ0) is 43.2. The van der Waals surface area contributed by atoms with Crippen LogP contribution < -0.4 is 40.0 Å². The van der Waals surface area contributed by atoms with Crippen LogP contribution in [0.25, 0.3) is 0 Å². The summed E-state index contributed by atoms with van der Waals surface area (Å²) in [6, 6.07) is 55.0. The normalized spacial score (nSPS) is 12.4. The fourth-order valence-corrected chi connectivity index (χ4v) is 16.4. The van der Waals surface area contributed by atoms with Gasteiger partial charge in [-0.3, -0.25) is 9.59 Å². The van der Waals surface area contributed by atoms with Crippen molar-refractivity contribution < 1.29 is 18.4 Å². The highest BCUT2D eigenvalue weighted by Crippen LogP contribution is 2.39. The Kier molecular flexibility index (Phi) is 11.7. The van der Waals surface area contributed by atoms with Crippen molar-refractivity contribution in [2.75, 3.05) is 0 Å². The summed E-state index contributed by atoms with van der Waals surface area (Å²) in [6.45, 7) is 0. The molecule has 1 aliphatic carbocycles. The first kappa shape index (κ1) is 42.2. The van der Waals surface area contributed by atoms with Crippen LogP contribution in [0.5, 0.6) is 11.5 Å². The second kappa shape index (κ2) is 17.2. The van der Waals surface area contributed by atoms with E-state index < -0.39 is 22.4 Å². The van der Waals surface area contributed by atoms with E-state index in [9.17, 15) is 4.79 Å². The molecule has 0 bridgehead atoms. The Morgan fingerprint density at radius 2 is 0.516 bits per heavy atom. The number of ketones is 2. The molecule has 0 saturated heterocycles. The van der Waals surface area contributed by atoms with Gasteiger partial charge < -0.3 is 8.85 Å². The molecule has 0 radical (unpaired) electrons. The topological polar surface area (TPSA) is 52.6 Å². The van der Waals surface area contributed by atoms with Gasteiger partial charge in [0, 0.05) is 41.3 Å². The molecule has 0 spiro atoms. The Labute approximate surface area is 390 Å². The molecule has 8 aromatic rings. The lowest BCUT2D eigenvalue weighted by Crippen LogP contribution is -2.71. The van der Waals surface area contributed by atoms with Crippen LogP contribution in [0.2, 0.25) is 30.1 Å². The lowest BCUT2D eigenvalue weighted by molar-refractivity contribution is 0.0976. The average Bonchev–Trinajstić information content (AvgIpc) is 3.28. The van der Waals surface area contributed by atoms with Crippen molar-refractivity contribution in [1.82, 2.24) is 0 Å². The fourth-order valence-electron chi connectivity index (χ4n) is 8.14. The molecule has 8 aromatic carbocycles. The van der Waals surface area contributed by atoms with Crippen LogP contribution >= 0.6 is 69.6 Å². The summed E-state index contributed by atoms with van der Waals surface area (Å²) in [5, 5.41) is 8.22. The second-order valence-electron chi connectivity index (χ2n) is 14.6. The third kappa shape index (κ3) is 7.59. The van der Waals surface area contributed by atoms with E-state index in [1.807, 2.05) is 72.8 Å².